The Labute approximate surface area is 114 Å². The third-order valence-corrected chi connectivity index (χ3v) is 3.27. The van der Waals surface area contributed by atoms with E-state index in [1.165, 1.54) is 0 Å². The number of hydrogen-bond acceptors (Lipinski definition) is 3. The summed E-state index contributed by atoms with van der Waals surface area (Å²) < 4.78 is 0. The third kappa shape index (κ3) is 4.65. The second-order valence-electron chi connectivity index (χ2n) is 4.90. The molecule has 1 rings (SSSR count). The SMILES string of the molecule is CCNC(CCC(=O)O)C(O)c1cc(C)ccc1C. The van der Waals surface area contributed by atoms with Crippen molar-refractivity contribution < 1.29 is 15.0 Å². The number of hydrogen-bond donors (Lipinski definition) is 3. The van der Waals surface area contributed by atoms with E-state index in [0.717, 1.165) is 16.7 Å². The summed E-state index contributed by atoms with van der Waals surface area (Å²) >= 11 is 0. The fourth-order valence-corrected chi connectivity index (χ4v) is 2.21. The molecule has 1 aromatic rings. The maximum absolute atomic E-state index is 10.7. The number of aliphatic carboxylic acids is 1. The van der Waals surface area contributed by atoms with Gasteiger partial charge in [-0.3, -0.25) is 4.79 Å². The number of nitrogens with one attached hydrogen (secondary N) is 1. The Morgan fingerprint density at radius 1 is 1.37 bits per heavy atom. The zero-order valence-corrected chi connectivity index (χ0v) is 11.8. The number of carbonyl (C=O) groups is 1. The highest BCUT2D eigenvalue weighted by Gasteiger charge is 2.22. The van der Waals surface area contributed by atoms with Gasteiger partial charge in [-0.2, -0.15) is 0 Å². The van der Waals surface area contributed by atoms with Gasteiger partial charge in [0.15, 0.2) is 0 Å². The molecule has 19 heavy (non-hydrogen) atoms. The summed E-state index contributed by atoms with van der Waals surface area (Å²) in [6.45, 7) is 6.59. The summed E-state index contributed by atoms with van der Waals surface area (Å²) in [6, 6.07) is 5.71. The topological polar surface area (TPSA) is 69.6 Å². The van der Waals surface area contributed by atoms with Crippen LogP contribution in [0, 0.1) is 13.8 Å². The summed E-state index contributed by atoms with van der Waals surface area (Å²) in [6.07, 6.45) is -0.212. The highest BCUT2D eigenvalue weighted by atomic mass is 16.4. The van der Waals surface area contributed by atoms with Crippen LogP contribution < -0.4 is 5.32 Å². The van der Waals surface area contributed by atoms with Crippen LogP contribution in [0.3, 0.4) is 0 Å². The Morgan fingerprint density at radius 3 is 2.63 bits per heavy atom. The summed E-state index contributed by atoms with van der Waals surface area (Å²) in [7, 11) is 0. The lowest BCUT2D eigenvalue weighted by Gasteiger charge is -2.25. The van der Waals surface area contributed by atoms with Gasteiger partial charge < -0.3 is 15.5 Å². The van der Waals surface area contributed by atoms with Crippen LogP contribution in [0.5, 0.6) is 0 Å². The molecular weight excluding hydrogens is 242 g/mol. The van der Waals surface area contributed by atoms with Gasteiger partial charge in [-0.1, -0.05) is 30.7 Å². The lowest BCUT2D eigenvalue weighted by atomic mass is 9.93. The average molecular weight is 265 g/mol. The molecule has 0 fully saturated rings. The first-order valence-electron chi connectivity index (χ1n) is 6.66. The number of aliphatic hydroxyl groups excluding tert-OH is 1. The normalized spacial score (nSPS) is 14.1. The minimum absolute atomic E-state index is 0.0551. The predicted octanol–water partition coefficient (Wildman–Crippen LogP) is 2.18. The zero-order chi connectivity index (χ0) is 14.4. The van der Waals surface area contributed by atoms with E-state index in [4.69, 9.17) is 5.11 Å². The van der Waals surface area contributed by atoms with E-state index in [0.29, 0.717) is 13.0 Å². The fraction of sp³-hybridized carbons (Fsp3) is 0.533. The predicted molar refractivity (Wildman–Crippen MR) is 75.2 cm³/mol. The van der Waals surface area contributed by atoms with E-state index >= 15 is 0 Å². The van der Waals surface area contributed by atoms with Crippen molar-refractivity contribution in [3.63, 3.8) is 0 Å². The lowest BCUT2D eigenvalue weighted by Crippen LogP contribution is -2.35. The first-order valence-corrected chi connectivity index (χ1v) is 6.66. The van der Waals surface area contributed by atoms with Gasteiger partial charge in [0.2, 0.25) is 0 Å². The molecule has 0 radical (unpaired) electrons. The third-order valence-electron chi connectivity index (χ3n) is 3.27. The molecule has 2 unspecified atom stereocenters. The molecule has 1 aromatic carbocycles. The Balaban J connectivity index is 2.88. The van der Waals surface area contributed by atoms with Crippen molar-refractivity contribution >= 4 is 5.97 Å². The summed E-state index contributed by atoms with van der Waals surface area (Å²) in [5.41, 5.74) is 2.99. The second kappa shape index (κ2) is 7.26. The maximum Gasteiger partial charge on any atom is 0.303 e. The molecule has 0 bridgehead atoms. The molecule has 4 nitrogen and oxygen atoms in total. The molecule has 0 aliphatic rings. The Bertz CT molecular complexity index is 431. The van der Waals surface area contributed by atoms with Gasteiger partial charge in [0.25, 0.3) is 0 Å². The van der Waals surface area contributed by atoms with Gasteiger partial charge in [0.05, 0.1) is 6.10 Å². The van der Waals surface area contributed by atoms with Gasteiger partial charge in [-0.25, -0.2) is 0 Å². The first-order chi connectivity index (χ1) is 8.95. The van der Waals surface area contributed by atoms with Crippen LogP contribution in [0.15, 0.2) is 18.2 Å². The Kier molecular flexibility index (Phi) is 5.99. The number of carboxylic acids is 1. The van der Waals surface area contributed by atoms with Gasteiger partial charge >= 0.3 is 5.97 Å². The number of benzene rings is 1. The first kappa shape index (κ1) is 15.7. The van der Waals surface area contributed by atoms with E-state index in [2.05, 4.69) is 5.32 Å². The maximum atomic E-state index is 10.7. The van der Waals surface area contributed by atoms with Gasteiger partial charge in [0.1, 0.15) is 0 Å². The van der Waals surface area contributed by atoms with Crippen LogP contribution in [0.1, 0.15) is 42.6 Å². The van der Waals surface area contributed by atoms with Crippen LogP contribution in [0.2, 0.25) is 0 Å². The molecule has 0 amide bonds. The van der Waals surface area contributed by atoms with Crippen LogP contribution in [0.4, 0.5) is 0 Å². The summed E-state index contributed by atoms with van der Waals surface area (Å²) in [5, 5.41) is 22.4. The highest BCUT2D eigenvalue weighted by Crippen LogP contribution is 2.24. The van der Waals surface area contributed by atoms with Crippen LogP contribution in [-0.2, 0) is 4.79 Å². The molecule has 4 heteroatoms. The average Bonchev–Trinajstić information content (AvgIpc) is 2.36. The Morgan fingerprint density at radius 2 is 2.05 bits per heavy atom. The van der Waals surface area contributed by atoms with E-state index in [9.17, 15) is 9.90 Å². The molecule has 106 valence electrons. The molecule has 0 aromatic heterocycles. The second-order valence-corrected chi connectivity index (χ2v) is 4.90. The molecule has 0 spiro atoms. The minimum atomic E-state index is -0.837. The monoisotopic (exact) mass is 265 g/mol. The smallest absolute Gasteiger partial charge is 0.303 e. The van der Waals surface area contributed by atoms with Crippen molar-refractivity contribution in [2.75, 3.05) is 6.54 Å². The van der Waals surface area contributed by atoms with Crippen molar-refractivity contribution in [1.29, 1.82) is 0 Å². The fourth-order valence-electron chi connectivity index (χ4n) is 2.21. The van der Waals surface area contributed by atoms with Crippen LogP contribution in [-0.4, -0.2) is 28.8 Å². The van der Waals surface area contributed by atoms with Crippen LogP contribution in [0.25, 0.3) is 0 Å². The zero-order valence-electron chi connectivity index (χ0n) is 11.8. The molecule has 0 heterocycles. The molecule has 2 atom stereocenters. The largest absolute Gasteiger partial charge is 0.481 e. The van der Waals surface area contributed by atoms with E-state index in [1.54, 1.807) is 0 Å². The molecular formula is C15H23NO3. The van der Waals surface area contributed by atoms with E-state index in [-0.39, 0.29) is 12.5 Å². The molecule has 0 saturated carbocycles. The van der Waals surface area contributed by atoms with Crippen molar-refractivity contribution in [2.45, 2.75) is 45.8 Å². The van der Waals surface area contributed by atoms with Gasteiger partial charge in [0, 0.05) is 12.5 Å². The standard InChI is InChI=1S/C15H23NO3/c1-4-16-13(7-8-14(17)18)15(19)12-9-10(2)5-6-11(12)3/h5-6,9,13,15-16,19H,4,7-8H2,1-3H3,(H,17,18). The quantitative estimate of drug-likeness (QED) is 0.706. The van der Waals surface area contributed by atoms with Crippen molar-refractivity contribution in [3.8, 4) is 0 Å². The highest BCUT2D eigenvalue weighted by molar-refractivity contribution is 5.66. The van der Waals surface area contributed by atoms with Crippen molar-refractivity contribution in [3.05, 3.63) is 34.9 Å². The number of rotatable bonds is 7. The van der Waals surface area contributed by atoms with Gasteiger partial charge in [-0.05, 0) is 37.9 Å². The van der Waals surface area contributed by atoms with E-state index in [1.807, 2.05) is 39.0 Å². The van der Waals surface area contributed by atoms with E-state index < -0.39 is 12.1 Å². The number of aryl methyl sites for hydroxylation is 2. The Hall–Kier alpha value is -1.39. The summed E-state index contributed by atoms with van der Waals surface area (Å²) in [4.78, 5) is 10.7. The number of carboxylic acid groups (broad SMARTS) is 1. The molecule has 0 saturated heterocycles. The lowest BCUT2D eigenvalue weighted by molar-refractivity contribution is -0.137. The number of likely N-dealkylation sites (N-methyl/N-ethyl adjacent to an activating group) is 1. The molecule has 0 aliphatic heterocycles. The van der Waals surface area contributed by atoms with Crippen molar-refractivity contribution in [1.82, 2.24) is 5.32 Å². The van der Waals surface area contributed by atoms with Gasteiger partial charge in [-0.15, -0.1) is 0 Å². The molecule has 3 N–H and O–H groups in total. The minimum Gasteiger partial charge on any atom is -0.481 e. The van der Waals surface area contributed by atoms with Crippen LogP contribution >= 0.6 is 0 Å². The number of aliphatic hydroxyl groups is 1. The van der Waals surface area contributed by atoms with Crippen molar-refractivity contribution in [2.24, 2.45) is 0 Å². The molecule has 0 aliphatic carbocycles. The summed E-state index contributed by atoms with van der Waals surface area (Å²) in [5.74, 6) is -0.837.